The second-order valence-corrected chi connectivity index (χ2v) is 3.89. The Morgan fingerprint density at radius 3 is 2.18 bits per heavy atom. The predicted octanol–water partition coefficient (Wildman–Crippen LogP) is 1.66. The van der Waals surface area contributed by atoms with Crippen LogP contribution >= 0.6 is 0 Å². The van der Waals surface area contributed by atoms with Gasteiger partial charge in [-0.2, -0.15) is 0 Å². The van der Waals surface area contributed by atoms with Crippen molar-refractivity contribution in [3.05, 3.63) is 29.8 Å². The first-order valence-corrected chi connectivity index (χ1v) is 5.91. The topological polar surface area (TPSA) is 66.6 Å². The molecular weight excluding hydrogens is 216 g/mol. The zero-order chi connectivity index (χ0) is 12.8. The number of benzene rings is 1. The average molecular weight is 236 g/mol. The third-order valence-corrected chi connectivity index (χ3v) is 2.96. The van der Waals surface area contributed by atoms with E-state index in [-0.39, 0.29) is 6.54 Å². The van der Waals surface area contributed by atoms with Crippen LogP contribution in [0.15, 0.2) is 24.3 Å². The summed E-state index contributed by atoms with van der Waals surface area (Å²) in [7, 11) is 0. The standard InChI is InChI=1S/C13H20N2O2/c1-3-15(4-2)11-7-5-10(6-8-11)12(9-14)13(16)17/h5-8,12H,3-4,9,14H2,1-2H3,(H,16,17). The average Bonchev–Trinajstić information content (AvgIpc) is 2.33. The van der Waals surface area contributed by atoms with Crippen molar-refractivity contribution < 1.29 is 9.90 Å². The van der Waals surface area contributed by atoms with Crippen LogP contribution < -0.4 is 10.6 Å². The van der Waals surface area contributed by atoms with Crippen molar-refractivity contribution in [2.75, 3.05) is 24.5 Å². The van der Waals surface area contributed by atoms with Gasteiger partial charge in [-0.1, -0.05) is 12.1 Å². The molecule has 1 aromatic rings. The van der Waals surface area contributed by atoms with E-state index in [2.05, 4.69) is 18.7 Å². The lowest BCUT2D eigenvalue weighted by atomic mass is 9.99. The summed E-state index contributed by atoms with van der Waals surface area (Å²) in [5, 5.41) is 9.01. The fourth-order valence-electron chi connectivity index (χ4n) is 1.89. The summed E-state index contributed by atoms with van der Waals surface area (Å²) in [5.41, 5.74) is 7.34. The number of carboxylic acids is 1. The molecule has 0 aliphatic rings. The lowest BCUT2D eigenvalue weighted by Gasteiger charge is -2.21. The second-order valence-electron chi connectivity index (χ2n) is 3.89. The minimum Gasteiger partial charge on any atom is -0.481 e. The van der Waals surface area contributed by atoms with E-state index in [0.717, 1.165) is 24.3 Å². The van der Waals surface area contributed by atoms with Gasteiger partial charge in [-0.15, -0.1) is 0 Å². The van der Waals surface area contributed by atoms with Gasteiger partial charge in [0.1, 0.15) is 0 Å². The first kappa shape index (κ1) is 13.5. The van der Waals surface area contributed by atoms with Crippen molar-refractivity contribution in [1.29, 1.82) is 0 Å². The van der Waals surface area contributed by atoms with Gasteiger partial charge in [0.05, 0.1) is 5.92 Å². The van der Waals surface area contributed by atoms with Crippen LogP contribution in [0.3, 0.4) is 0 Å². The molecule has 0 saturated carbocycles. The zero-order valence-corrected chi connectivity index (χ0v) is 10.4. The Hall–Kier alpha value is -1.55. The van der Waals surface area contributed by atoms with E-state index in [1.807, 2.05) is 24.3 Å². The van der Waals surface area contributed by atoms with Gasteiger partial charge in [0.15, 0.2) is 0 Å². The van der Waals surface area contributed by atoms with Crippen LogP contribution in [0.1, 0.15) is 25.3 Å². The molecule has 0 aromatic heterocycles. The molecule has 0 spiro atoms. The summed E-state index contributed by atoms with van der Waals surface area (Å²) >= 11 is 0. The molecule has 3 N–H and O–H groups in total. The maximum Gasteiger partial charge on any atom is 0.312 e. The Kier molecular flexibility index (Phi) is 4.97. The van der Waals surface area contributed by atoms with Gasteiger partial charge in [0, 0.05) is 25.3 Å². The van der Waals surface area contributed by atoms with E-state index in [1.54, 1.807) is 0 Å². The Balaban J connectivity index is 2.90. The molecule has 1 atom stereocenters. The quantitative estimate of drug-likeness (QED) is 0.788. The number of rotatable bonds is 6. The van der Waals surface area contributed by atoms with Gasteiger partial charge in [-0.25, -0.2) is 0 Å². The highest BCUT2D eigenvalue weighted by Crippen LogP contribution is 2.20. The lowest BCUT2D eigenvalue weighted by Crippen LogP contribution is -2.23. The Morgan fingerprint density at radius 2 is 1.82 bits per heavy atom. The molecule has 17 heavy (non-hydrogen) atoms. The first-order valence-electron chi connectivity index (χ1n) is 5.91. The minimum absolute atomic E-state index is 0.125. The number of nitrogens with two attached hydrogens (primary N) is 1. The number of hydrogen-bond donors (Lipinski definition) is 2. The monoisotopic (exact) mass is 236 g/mol. The van der Waals surface area contributed by atoms with Crippen molar-refractivity contribution in [1.82, 2.24) is 0 Å². The van der Waals surface area contributed by atoms with Gasteiger partial charge < -0.3 is 15.7 Å². The highest BCUT2D eigenvalue weighted by molar-refractivity contribution is 5.76. The molecule has 4 heteroatoms. The van der Waals surface area contributed by atoms with E-state index in [9.17, 15) is 4.79 Å². The molecule has 1 unspecified atom stereocenters. The van der Waals surface area contributed by atoms with Crippen LogP contribution in [0.5, 0.6) is 0 Å². The van der Waals surface area contributed by atoms with Crippen molar-refractivity contribution >= 4 is 11.7 Å². The van der Waals surface area contributed by atoms with Gasteiger partial charge in [-0.05, 0) is 31.5 Å². The predicted molar refractivity (Wildman–Crippen MR) is 69.4 cm³/mol. The normalized spacial score (nSPS) is 12.2. The van der Waals surface area contributed by atoms with Gasteiger partial charge in [0.2, 0.25) is 0 Å². The fraction of sp³-hybridized carbons (Fsp3) is 0.462. The molecule has 0 heterocycles. The van der Waals surface area contributed by atoms with Crippen LogP contribution in [-0.2, 0) is 4.79 Å². The molecule has 0 aliphatic carbocycles. The molecular formula is C13H20N2O2. The largest absolute Gasteiger partial charge is 0.481 e. The van der Waals surface area contributed by atoms with Crippen molar-refractivity contribution in [2.24, 2.45) is 5.73 Å². The van der Waals surface area contributed by atoms with Crippen LogP contribution in [0.2, 0.25) is 0 Å². The van der Waals surface area contributed by atoms with Gasteiger partial charge in [-0.3, -0.25) is 4.79 Å². The molecule has 0 amide bonds. The summed E-state index contributed by atoms with van der Waals surface area (Å²) in [6.07, 6.45) is 0. The van der Waals surface area contributed by atoms with Crippen molar-refractivity contribution in [2.45, 2.75) is 19.8 Å². The maximum atomic E-state index is 11.0. The summed E-state index contributed by atoms with van der Waals surface area (Å²) in [6, 6.07) is 7.60. The Labute approximate surface area is 102 Å². The summed E-state index contributed by atoms with van der Waals surface area (Å²) < 4.78 is 0. The van der Waals surface area contributed by atoms with E-state index < -0.39 is 11.9 Å². The fourth-order valence-corrected chi connectivity index (χ4v) is 1.89. The number of anilines is 1. The highest BCUT2D eigenvalue weighted by atomic mass is 16.4. The minimum atomic E-state index is -0.872. The van der Waals surface area contributed by atoms with Gasteiger partial charge in [0.25, 0.3) is 0 Å². The van der Waals surface area contributed by atoms with Crippen molar-refractivity contribution in [3.8, 4) is 0 Å². The number of hydrogen-bond acceptors (Lipinski definition) is 3. The molecule has 1 rings (SSSR count). The van der Waals surface area contributed by atoms with Crippen LogP contribution in [0, 0.1) is 0 Å². The van der Waals surface area contributed by atoms with Crippen LogP contribution in [0.4, 0.5) is 5.69 Å². The third-order valence-electron chi connectivity index (χ3n) is 2.96. The number of nitrogens with zero attached hydrogens (tertiary/aromatic N) is 1. The maximum absolute atomic E-state index is 11.0. The van der Waals surface area contributed by atoms with Gasteiger partial charge >= 0.3 is 5.97 Å². The molecule has 0 bridgehead atoms. The van der Waals surface area contributed by atoms with E-state index in [4.69, 9.17) is 10.8 Å². The number of carboxylic acid groups (broad SMARTS) is 1. The SMILES string of the molecule is CCN(CC)c1ccc(C(CN)C(=O)O)cc1. The molecule has 0 saturated heterocycles. The molecule has 4 nitrogen and oxygen atoms in total. The third kappa shape index (κ3) is 3.20. The number of aliphatic carboxylic acids is 1. The molecule has 0 fully saturated rings. The van der Waals surface area contributed by atoms with Crippen molar-refractivity contribution in [3.63, 3.8) is 0 Å². The first-order chi connectivity index (χ1) is 8.13. The summed E-state index contributed by atoms with van der Waals surface area (Å²) in [5.74, 6) is -1.48. The zero-order valence-electron chi connectivity index (χ0n) is 10.4. The molecule has 0 aliphatic heterocycles. The van der Waals surface area contributed by atoms with E-state index in [1.165, 1.54) is 0 Å². The molecule has 1 aromatic carbocycles. The summed E-state index contributed by atoms with van der Waals surface area (Å²) in [4.78, 5) is 13.2. The Bertz CT molecular complexity index is 358. The summed E-state index contributed by atoms with van der Waals surface area (Å²) in [6.45, 7) is 6.19. The van der Waals surface area contributed by atoms with Crippen LogP contribution in [-0.4, -0.2) is 30.7 Å². The Morgan fingerprint density at radius 1 is 1.29 bits per heavy atom. The van der Waals surface area contributed by atoms with E-state index in [0.29, 0.717) is 0 Å². The van der Waals surface area contributed by atoms with E-state index >= 15 is 0 Å². The molecule has 94 valence electrons. The highest BCUT2D eigenvalue weighted by Gasteiger charge is 2.17. The number of carbonyl (C=O) groups is 1. The molecule has 0 radical (unpaired) electrons. The van der Waals surface area contributed by atoms with Crippen LogP contribution in [0.25, 0.3) is 0 Å². The smallest absolute Gasteiger partial charge is 0.312 e. The second kappa shape index (κ2) is 6.25. The lowest BCUT2D eigenvalue weighted by molar-refractivity contribution is -0.138.